The van der Waals surface area contributed by atoms with E-state index in [9.17, 15) is 4.79 Å². The number of hydrogen-bond acceptors (Lipinski definition) is 3. The highest BCUT2D eigenvalue weighted by Crippen LogP contribution is 2.29. The molecule has 0 aliphatic carbocycles. The highest BCUT2D eigenvalue weighted by molar-refractivity contribution is 5.96. The first-order valence-electron chi connectivity index (χ1n) is 5.62. The molecule has 0 saturated carbocycles. The Hall–Kier alpha value is -1.75. The minimum atomic E-state index is -0.0743. The van der Waals surface area contributed by atoms with Gasteiger partial charge in [0, 0.05) is 13.1 Å². The van der Waals surface area contributed by atoms with Crippen LogP contribution in [-0.4, -0.2) is 39.3 Å². The third-order valence-electron chi connectivity index (χ3n) is 2.80. The van der Waals surface area contributed by atoms with Crippen LogP contribution in [0.25, 0.3) is 0 Å². The number of amides is 2. The second-order valence-electron chi connectivity index (χ2n) is 3.99. The second-order valence-corrected chi connectivity index (χ2v) is 3.99. The van der Waals surface area contributed by atoms with E-state index in [1.165, 1.54) is 0 Å². The van der Waals surface area contributed by atoms with Gasteiger partial charge in [-0.05, 0) is 19.2 Å². The van der Waals surface area contributed by atoms with Gasteiger partial charge in [-0.3, -0.25) is 4.90 Å². The van der Waals surface area contributed by atoms with Gasteiger partial charge in [0.05, 0.1) is 18.8 Å². The molecule has 2 rings (SSSR count). The van der Waals surface area contributed by atoms with Gasteiger partial charge in [0.25, 0.3) is 0 Å². The number of methoxy groups -OCH3 is 1. The van der Waals surface area contributed by atoms with E-state index < -0.39 is 0 Å². The molecule has 0 aromatic heterocycles. The fourth-order valence-corrected chi connectivity index (χ4v) is 2.02. The molecule has 1 fully saturated rings. The van der Waals surface area contributed by atoms with Crippen LogP contribution in [0.3, 0.4) is 0 Å². The van der Waals surface area contributed by atoms with Gasteiger partial charge >= 0.3 is 6.03 Å². The number of likely N-dealkylation sites (N-methyl/N-ethyl adjacent to an activating group) is 1. The number of nitrogens with one attached hydrogen (secondary N) is 2. The van der Waals surface area contributed by atoms with E-state index in [-0.39, 0.29) is 12.1 Å². The maximum atomic E-state index is 11.9. The number of carbonyl (C=O) groups is 1. The van der Waals surface area contributed by atoms with E-state index in [1.807, 2.05) is 31.3 Å². The van der Waals surface area contributed by atoms with Crippen molar-refractivity contribution in [2.75, 3.05) is 32.1 Å². The molecule has 1 aromatic rings. The second kappa shape index (κ2) is 5.05. The summed E-state index contributed by atoms with van der Waals surface area (Å²) in [5.41, 5.74) is 0.811. The molecule has 2 N–H and O–H groups in total. The highest BCUT2D eigenvalue weighted by atomic mass is 16.5. The van der Waals surface area contributed by atoms with Gasteiger partial charge in [0.2, 0.25) is 0 Å². The summed E-state index contributed by atoms with van der Waals surface area (Å²) in [7, 11) is 3.48. The zero-order chi connectivity index (χ0) is 12.3. The van der Waals surface area contributed by atoms with Crippen molar-refractivity contribution in [1.82, 2.24) is 10.6 Å². The average molecular weight is 235 g/mol. The first kappa shape index (κ1) is 11.7. The van der Waals surface area contributed by atoms with E-state index in [0.29, 0.717) is 12.3 Å². The number of carbonyl (C=O) groups excluding carboxylic acids is 1. The smallest absolute Gasteiger partial charge is 0.322 e. The maximum absolute atomic E-state index is 11.9. The number of urea groups is 1. The summed E-state index contributed by atoms with van der Waals surface area (Å²) >= 11 is 0. The summed E-state index contributed by atoms with van der Waals surface area (Å²) in [5, 5.41) is 5.98. The van der Waals surface area contributed by atoms with Gasteiger partial charge in [-0.15, -0.1) is 0 Å². The maximum Gasteiger partial charge on any atom is 0.322 e. The lowest BCUT2D eigenvalue weighted by Crippen LogP contribution is -2.35. The largest absolute Gasteiger partial charge is 0.495 e. The molecule has 1 atom stereocenters. The minimum absolute atomic E-state index is 0.0743. The van der Waals surface area contributed by atoms with E-state index in [1.54, 1.807) is 12.0 Å². The summed E-state index contributed by atoms with van der Waals surface area (Å²) in [6.07, 6.45) is 0. The van der Waals surface area contributed by atoms with Crippen LogP contribution in [0.15, 0.2) is 24.3 Å². The summed E-state index contributed by atoms with van der Waals surface area (Å²) in [6, 6.07) is 7.60. The zero-order valence-electron chi connectivity index (χ0n) is 10.1. The standard InChI is InChI=1S/C12H17N3O2/c1-13-7-9-8-15(12(16)14-9)10-5-3-4-6-11(10)17-2/h3-6,9,13H,7-8H2,1-2H3,(H,14,16). The lowest BCUT2D eigenvalue weighted by Gasteiger charge is -2.17. The summed E-state index contributed by atoms with van der Waals surface area (Å²) in [6.45, 7) is 1.41. The third kappa shape index (κ3) is 2.34. The van der Waals surface area contributed by atoms with Gasteiger partial charge in [-0.1, -0.05) is 12.1 Å². The number of rotatable bonds is 4. The minimum Gasteiger partial charge on any atom is -0.495 e. The molecule has 5 heteroatoms. The molecule has 1 aliphatic rings. The Morgan fingerprint density at radius 3 is 3.00 bits per heavy atom. The van der Waals surface area contributed by atoms with Crippen molar-refractivity contribution in [3.05, 3.63) is 24.3 Å². The molecule has 1 saturated heterocycles. The van der Waals surface area contributed by atoms with Crippen LogP contribution in [0.5, 0.6) is 5.75 Å². The van der Waals surface area contributed by atoms with Gasteiger partial charge in [-0.25, -0.2) is 4.79 Å². The Morgan fingerprint density at radius 1 is 1.53 bits per heavy atom. The van der Waals surface area contributed by atoms with Crippen LogP contribution in [0.1, 0.15) is 0 Å². The Labute approximate surface area is 101 Å². The molecule has 0 radical (unpaired) electrons. The molecule has 92 valence electrons. The molecule has 1 aromatic carbocycles. The highest BCUT2D eigenvalue weighted by Gasteiger charge is 2.30. The van der Waals surface area contributed by atoms with Gasteiger partial charge < -0.3 is 15.4 Å². The number of benzene rings is 1. The van der Waals surface area contributed by atoms with Crippen LogP contribution in [0, 0.1) is 0 Å². The Morgan fingerprint density at radius 2 is 2.29 bits per heavy atom. The predicted molar refractivity (Wildman–Crippen MR) is 66.6 cm³/mol. The number of nitrogens with zero attached hydrogens (tertiary/aromatic N) is 1. The summed E-state index contributed by atoms with van der Waals surface area (Å²) in [5.74, 6) is 0.716. The lowest BCUT2D eigenvalue weighted by atomic mass is 10.2. The molecule has 1 aliphatic heterocycles. The van der Waals surface area contributed by atoms with Crippen LogP contribution in [-0.2, 0) is 0 Å². The molecular formula is C12H17N3O2. The molecule has 17 heavy (non-hydrogen) atoms. The molecule has 1 unspecified atom stereocenters. The quantitative estimate of drug-likeness (QED) is 0.812. The molecule has 0 bridgehead atoms. The van der Waals surface area contributed by atoms with Crippen LogP contribution < -0.4 is 20.3 Å². The monoisotopic (exact) mass is 235 g/mol. The van der Waals surface area contributed by atoms with E-state index in [4.69, 9.17) is 4.74 Å². The van der Waals surface area contributed by atoms with Crippen molar-refractivity contribution >= 4 is 11.7 Å². The van der Waals surface area contributed by atoms with Crippen molar-refractivity contribution in [2.24, 2.45) is 0 Å². The first-order chi connectivity index (χ1) is 8.26. The normalized spacial score (nSPS) is 19.3. The third-order valence-corrected chi connectivity index (χ3v) is 2.80. The average Bonchev–Trinajstić information content (AvgIpc) is 2.70. The Kier molecular flexibility index (Phi) is 3.49. The predicted octanol–water partition coefficient (Wildman–Crippen LogP) is 0.813. The Balaban J connectivity index is 2.20. The molecule has 2 amide bonds. The SMILES string of the molecule is CNCC1CN(c2ccccc2OC)C(=O)N1. The molecule has 1 heterocycles. The number of hydrogen-bond donors (Lipinski definition) is 2. The van der Waals surface area contributed by atoms with E-state index in [0.717, 1.165) is 12.2 Å². The van der Waals surface area contributed by atoms with Gasteiger partial charge in [0.15, 0.2) is 0 Å². The molecule has 5 nitrogen and oxygen atoms in total. The number of ether oxygens (including phenoxy) is 1. The van der Waals surface area contributed by atoms with Crippen molar-refractivity contribution in [1.29, 1.82) is 0 Å². The zero-order valence-corrected chi connectivity index (χ0v) is 10.1. The fraction of sp³-hybridized carbons (Fsp3) is 0.417. The van der Waals surface area contributed by atoms with Gasteiger partial charge in [-0.2, -0.15) is 0 Å². The topological polar surface area (TPSA) is 53.6 Å². The van der Waals surface area contributed by atoms with Crippen LogP contribution in [0.4, 0.5) is 10.5 Å². The molecular weight excluding hydrogens is 218 g/mol. The van der Waals surface area contributed by atoms with Crippen molar-refractivity contribution in [2.45, 2.75) is 6.04 Å². The number of para-hydroxylation sites is 2. The number of anilines is 1. The molecule has 0 spiro atoms. The Bertz CT molecular complexity index is 408. The summed E-state index contributed by atoms with van der Waals surface area (Å²) < 4.78 is 5.26. The van der Waals surface area contributed by atoms with Gasteiger partial charge in [0.1, 0.15) is 5.75 Å². The van der Waals surface area contributed by atoms with Crippen LogP contribution in [0.2, 0.25) is 0 Å². The first-order valence-corrected chi connectivity index (χ1v) is 5.62. The van der Waals surface area contributed by atoms with E-state index >= 15 is 0 Å². The van der Waals surface area contributed by atoms with E-state index in [2.05, 4.69) is 10.6 Å². The lowest BCUT2D eigenvalue weighted by molar-refractivity contribution is 0.250. The van der Waals surface area contributed by atoms with Crippen molar-refractivity contribution in [3.8, 4) is 5.75 Å². The van der Waals surface area contributed by atoms with Crippen molar-refractivity contribution in [3.63, 3.8) is 0 Å². The summed E-state index contributed by atoms with van der Waals surface area (Å²) in [4.78, 5) is 13.6. The van der Waals surface area contributed by atoms with Crippen molar-refractivity contribution < 1.29 is 9.53 Å². The fourth-order valence-electron chi connectivity index (χ4n) is 2.02. The van der Waals surface area contributed by atoms with Crippen LogP contribution >= 0.6 is 0 Å².